The number of para-hydroxylation sites is 1. The predicted molar refractivity (Wildman–Crippen MR) is 92.6 cm³/mol. The van der Waals surface area contributed by atoms with Crippen molar-refractivity contribution < 1.29 is 23.9 Å². The Labute approximate surface area is 151 Å². The highest BCUT2D eigenvalue weighted by molar-refractivity contribution is 6.01. The summed E-state index contributed by atoms with van der Waals surface area (Å²) in [6.45, 7) is 2.40. The molecule has 1 aliphatic heterocycles. The van der Waals surface area contributed by atoms with E-state index in [1.807, 2.05) is 6.92 Å². The average molecular weight is 362 g/mol. The van der Waals surface area contributed by atoms with Crippen molar-refractivity contribution in [2.45, 2.75) is 19.4 Å². The number of hydrogen-bond donors (Lipinski definition) is 3. The number of nitrogens with one attached hydrogen (secondary N) is 2. The Morgan fingerprint density at radius 3 is 2.62 bits per heavy atom. The fourth-order valence-electron chi connectivity index (χ4n) is 2.52. The lowest BCUT2D eigenvalue weighted by atomic mass is 10.1. The van der Waals surface area contributed by atoms with Gasteiger partial charge in [0.2, 0.25) is 0 Å². The Morgan fingerprint density at radius 1 is 1.31 bits per heavy atom. The van der Waals surface area contributed by atoms with Crippen molar-refractivity contribution >= 4 is 17.8 Å². The Bertz CT molecular complexity index is 746. The van der Waals surface area contributed by atoms with Crippen LogP contribution < -0.4 is 21.2 Å². The summed E-state index contributed by atoms with van der Waals surface area (Å²) in [6.07, 6.45) is 0.784. The van der Waals surface area contributed by atoms with E-state index in [1.165, 1.54) is 19.2 Å². The van der Waals surface area contributed by atoms with Crippen LogP contribution in [-0.2, 0) is 14.3 Å². The fraction of sp³-hybridized carbons (Fsp3) is 0.353. The van der Waals surface area contributed by atoms with Gasteiger partial charge in [-0.05, 0) is 18.6 Å². The van der Waals surface area contributed by atoms with Crippen LogP contribution in [0, 0.1) is 0 Å². The minimum atomic E-state index is -1.02. The Hall–Kier alpha value is -3.07. The molecule has 1 aliphatic rings. The molecule has 9 nitrogen and oxygen atoms in total. The molecule has 2 amide bonds. The van der Waals surface area contributed by atoms with Gasteiger partial charge in [0, 0.05) is 7.05 Å². The van der Waals surface area contributed by atoms with E-state index in [0.29, 0.717) is 12.4 Å². The van der Waals surface area contributed by atoms with E-state index in [9.17, 15) is 14.4 Å². The summed E-state index contributed by atoms with van der Waals surface area (Å²) in [5.74, 6) is -1.59. The number of nitrogens with zero attached hydrogens (tertiary/aromatic N) is 1. The first kappa shape index (κ1) is 19.3. The van der Waals surface area contributed by atoms with Gasteiger partial charge in [-0.1, -0.05) is 19.1 Å². The second-order valence-corrected chi connectivity index (χ2v) is 5.60. The fourth-order valence-corrected chi connectivity index (χ4v) is 2.52. The number of rotatable bonds is 7. The number of carbonyl (C=O) groups excluding carboxylic acids is 3. The van der Waals surface area contributed by atoms with E-state index >= 15 is 0 Å². The highest BCUT2D eigenvalue weighted by Crippen LogP contribution is 2.22. The summed E-state index contributed by atoms with van der Waals surface area (Å²) >= 11 is 0. The number of hydrazine groups is 1. The molecular formula is C17H22N4O5. The molecule has 26 heavy (non-hydrogen) atoms. The van der Waals surface area contributed by atoms with E-state index in [-0.39, 0.29) is 17.0 Å². The first-order chi connectivity index (χ1) is 12.4. The average Bonchev–Trinajstić information content (AvgIpc) is 2.95. The molecule has 1 aromatic rings. The maximum atomic E-state index is 12.7. The van der Waals surface area contributed by atoms with Crippen molar-refractivity contribution in [3.63, 3.8) is 0 Å². The molecule has 4 N–H and O–H groups in total. The maximum absolute atomic E-state index is 12.7. The molecule has 1 heterocycles. The van der Waals surface area contributed by atoms with Gasteiger partial charge in [-0.2, -0.15) is 0 Å². The SMILES string of the molecule is CCCOc1ccccc1C(=O)NC1=C(C(N)=O)NN(C)C1C(=O)OC. The summed E-state index contributed by atoms with van der Waals surface area (Å²) in [4.78, 5) is 36.5. The van der Waals surface area contributed by atoms with E-state index < -0.39 is 23.8 Å². The van der Waals surface area contributed by atoms with Gasteiger partial charge in [-0.25, -0.2) is 9.80 Å². The van der Waals surface area contributed by atoms with Crippen LogP contribution >= 0.6 is 0 Å². The number of amides is 2. The molecule has 1 unspecified atom stereocenters. The van der Waals surface area contributed by atoms with E-state index in [4.69, 9.17) is 15.2 Å². The van der Waals surface area contributed by atoms with Gasteiger partial charge in [0.05, 0.1) is 25.0 Å². The zero-order chi connectivity index (χ0) is 19.3. The predicted octanol–water partition coefficient (Wildman–Crippen LogP) is -0.106. The molecular weight excluding hydrogens is 340 g/mol. The minimum absolute atomic E-state index is 0.0298. The first-order valence-corrected chi connectivity index (χ1v) is 8.05. The van der Waals surface area contributed by atoms with Crippen molar-refractivity contribution in [3.05, 3.63) is 41.2 Å². The van der Waals surface area contributed by atoms with E-state index in [1.54, 1.807) is 24.3 Å². The molecule has 0 saturated heterocycles. The molecule has 2 rings (SSSR count). The number of carbonyl (C=O) groups is 3. The van der Waals surface area contributed by atoms with Crippen molar-refractivity contribution in [2.75, 3.05) is 20.8 Å². The molecule has 0 saturated carbocycles. The number of primary amides is 1. The summed E-state index contributed by atoms with van der Waals surface area (Å²) in [5, 5.41) is 3.93. The number of hydrogen-bond acceptors (Lipinski definition) is 7. The summed E-state index contributed by atoms with van der Waals surface area (Å²) in [6, 6.07) is 5.68. The Balaban J connectivity index is 2.34. The van der Waals surface area contributed by atoms with Gasteiger partial charge in [-0.3, -0.25) is 9.59 Å². The summed E-state index contributed by atoms with van der Waals surface area (Å²) < 4.78 is 10.3. The zero-order valence-corrected chi connectivity index (χ0v) is 14.9. The van der Waals surface area contributed by atoms with Crippen LogP contribution in [0.4, 0.5) is 0 Å². The third-order valence-corrected chi connectivity index (χ3v) is 3.73. The number of ether oxygens (including phenoxy) is 2. The standard InChI is InChI=1S/C17H22N4O5/c1-4-9-26-11-8-6-5-7-10(11)16(23)19-12-13(15(18)22)20-21(2)14(12)17(24)25-3/h5-8,14,20H,4,9H2,1-3H3,(H2,18,22)(H,19,23). The van der Waals surface area contributed by atoms with Gasteiger partial charge in [0.1, 0.15) is 11.4 Å². The summed E-state index contributed by atoms with van der Waals surface area (Å²) in [7, 11) is 2.74. The third-order valence-electron chi connectivity index (χ3n) is 3.73. The molecule has 1 aromatic carbocycles. The quantitative estimate of drug-likeness (QED) is 0.579. The van der Waals surface area contributed by atoms with E-state index in [2.05, 4.69) is 10.7 Å². The molecule has 0 spiro atoms. The first-order valence-electron chi connectivity index (χ1n) is 8.05. The second kappa shape index (κ2) is 8.34. The third kappa shape index (κ3) is 3.94. The van der Waals surface area contributed by atoms with Crippen LogP contribution in [0.3, 0.4) is 0 Å². The molecule has 0 aliphatic carbocycles. The number of likely N-dealkylation sites (N-methyl/N-ethyl adjacent to an activating group) is 1. The van der Waals surface area contributed by atoms with Crippen molar-refractivity contribution in [3.8, 4) is 5.75 Å². The van der Waals surface area contributed by atoms with Crippen molar-refractivity contribution in [2.24, 2.45) is 5.73 Å². The number of methoxy groups -OCH3 is 1. The second-order valence-electron chi connectivity index (χ2n) is 5.60. The zero-order valence-electron chi connectivity index (χ0n) is 14.9. The highest BCUT2D eigenvalue weighted by atomic mass is 16.5. The molecule has 0 radical (unpaired) electrons. The minimum Gasteiger partial charge on any atom is -0.493 e. The Kier molecular flexibility index (Phi) is 6.18. The van der Waals surface area contributed by atoms with Crippen molar-refractivity contribution in [1.82, 2.24) is 15.8 Å². The smallest absolute Gasteiger partial charge is 0.331 e. The van der Waals surface area contributed by atoms with Crippen LogP contribution in [0.1, 0.15) is 23.7 Å². The lowest BCUT2D eigenvalue weighted by Gasteiger charge is -2.20. The largest absolute Gasteiger partial charge is 0.493 e. The lowest BCUT2D eigenvalue weighted by Crippen LogP contribution is -2.44. The van der Waals surface area contributed by atoms with Gasteiger partial charge in [0.25, 0.3) is 11.8 Å². The van der Waals surface area contributed by atoms with Crippen LogP contribution in [0.25, 0.3) is 0 Å². The molecule has 140 valence electrons. The van der Waals surface area contributed by atoms with Crippen LogP contribution in [-0.4, -0.2) is 49.6 Å². The maximum Gasteiger partial charge on any atom is 0.331 e. The number of benzene rings is 1. The van der Waals surface area contributed by atoms with Crippen molar-refractivity contribution in [1.29, 1.82) is 0 Å². The lowest BCUT2D eigenvalue weighted by molar-refractivity contribution is -0.145. The van der Waals surface area contributed by atoms with Gasteiger partial charge in [0.15, 0.2) is 6.04 Å². The van der Waals surface area contributed by atoms with Crippen LogP contribution in [0.15, 0.2) is 35.7 Å². The molecule has 0 aromatic heterocycles. The summed E-state index contributed by atoms with van der Waals surface area (Å²) in [5.41, 5.74) is 8.24. The highest BCUT2D eigenvalue weighted by Gasteiger charge is 2.39. The number of nitrogens with two attached hydrogens (primary N) is 1. The molecule has 1 atom stereocenters. The van der Waals surface area contributed by atoms with Gasteiger partial charge >= 0.3 is 5.97 Å². The topological polar surface area (TPSA) is 123 Å². The molecule has 0 bridgehead atoms. The Morgan fingerprint density at radius 2 is 2.00 bits per heavy atom. The molecule has 0 fully saturated rings. The van der Waals surface area contributed by atoms with Gasteiger partial charge in [-0.15, -0.1) is 0 Å². The van der Waals surface area contributed by atoms with Gasteiger partial charge < -0.3 is 25.9 Å². The molecule has 9 heteroatoms. The number of esters is 1. The monoisotopic (exact) mass is 362 g/mol. The van der Waals surface area contributed by atoms with Crippen LogP contribution in [0.2, 0.25) is 0 Å². The van der Waals surface area contributed by atoms with Crippen LogP contribution in [0.5, 0.6) is 5.75 Å². The normalized spacial score (nSPS) is 16.8. The van der Waals surface area contributed by atoms with E-state index in [0.717, 1.165) is 6.42 Å².